The van der Waals surface area contributed by atoms with Gasteiger partial charge in [0.05, 0.1) is 46.5 Å². The van der Waals surface area contributed by atoms with Crippen molar-refractivity contribution in [2.45, 2.75) is 16.3 Å². The van der Waals surface area contributed by atoms with Crippen molar-refractivity contribution in [3.05, 3.63) is 95.1 Å². The summed E-state index contributed by atoms with van der Waals surface area (Å²) in [5.74, 6) is 0. The van der Waals surface area contributed by atoms with Crippen LogP contribution in [0.4, 0.5) is 5.69 Å². The summed E-state index contributed by atoms with van der Waals surface area (Å²) in [5, 5.41) is 13.7. The molecule has 1 saturated heterocycles. The Morgan fingerprint density at radius 3 is 2.38 bits per heavy atom. The molecule has 0 atom stereocenters. The number of para-hydroxylation sites is 2. The number of benzene rings is 3. The normalized spacial score (nSPS) is 14.2. The molecule has 3 heterocycles. The Bertz CT molecular complexity index is 1500. The van der Waals surface area contributed by atoms with Crippen molar-refractivity contribution >= 4 is 56.8 Å². The summed E-state index contributed by atoms with van der Waals surface area (Å²) in [6, 6.07) is 26.5. The molecule has 1 aliphatic rings. The van der Waals surface area contributed by atoms with E-state index in [1.807, 2.05) is 54.2 Å². The third-order valence-corrected chi connectivity index (χ3v) is 8.75. The molecule has 0 radical (unpaired) electrons. The van der Waals surface area contributed by atoms with Crippen molar-refractivity contribution in [2.75, 3.05) is 31.1 Å². The lowest BCUT2D eigenvalue weighted by Crippen LogP contribution is -2.44. The van der Waals surface area contributed by atoms with E-state index in [0.29, 0.717) is 0 Å². The number of rotatable bonds is 6. The number of thiazole rings is 1. The van der Waals surface area contributed by atoms with Gasteiger partial charge in [0.25, 0.3) is 0 Å². The highest BCUT2D eigenvalue weighted by atomic mass is 35.5. The molecule has 0 bridgehead atoms. The first-order valence-corrected chi connectivity index (χ1v) is 14.1. The second-order valence-electron chi connectivity index (χ2n) is 8.76. The van der Waals surface area contributed by atoms with E-state index in [-0.39, 0.29) is 0 Å². The van der Waals surface area contributed by atoms with Crippen LogP contribution in [0.3, 0.4) is 0 Å². The van der Waals surface area contributed by atoms with Gasteiger partial charge >= 0.3 is 0 Å². The molecule has 0 amide bonds. The molecule has 186 valence electrons. The molecule has 6 nitrogen and oxygen atoms in total. The second kappa shape index (κ2) is 10.6. The quantitative estimate of drug-likeness (QED) is 0.221. The Balaban J connectivity index is 1.26. The molecule has 9 heteroatoms. The Morgan fingerprint density at radius 2 is 1.62 bits per heavy atom. The van der Waals surface area contributed by atoms with Gasteiger partial charge in [-0.3, -0.25) is 5.01 Å². The molecule has 37 heavy (non-hydrogen) atoms. The van der Waals surface area contributed by atoms with Gasteiger partial charge in [0.2, 0.25) is 0 Å². The van der Waals surface area contributed by atoms with E-state index < -0.39 is 0 Å². The lowest BCUT2D eigenvalue weighted by molar-refractivity contribution is 0.272. The number of halogens is 1. The number of fused-ring (bicyclic) bond motifs is 1. The van der Waals surface area contributed by atoms with Crippen LogP contribution in [0.2, 0.25) is 5.02 Å². The number of nitrogens with zero attached hydrogens (tertiary/aromatic N) is 6. The fraction of sp³-hybridized carbons (Fsp3) is 0.179. The Kier molecular flexibility index (Phi) is 6.87. The average Bonchev–Trinajstić information content (AvgIpc) is 3.49. The second-order valence-corrected chi connectivity index (χ2v) is 11.5. The zero-order chi connectivity index (χ0) is 25.2. The van der Waals surface area contributed by atoms with Crippen LogP contribution in [0.5, 0.6) is 0 Å². The number of aromatic nitrogens is 3. The minimum absolute atomic E-state index is 0.762. The topological polar surface area (TPSA) is 49.6 Å². The highest BCUT2D eigenvalue weighted by Crippen LogP contribution is 2.37. The fourth-order valence-corrected chi connectivity index (χ4v) is 6.70. The van der Waals surface area contributed by atoms with E-state index in [0.717, 1.165) is 63.0 Å². The lowest BCUT2D eigenvalue weighted by Gasteiger charge is -2.34. The molecule has 3 aromatic carbocycles. The van der Waals surface area contributed by atoms with Crippen LogP contribution in [0, 0.1) is 6.92 Å². The van der Waals surface area contributed by atoms with E-state index in [1.165, 1.54) is 10.4 Å². The van der Waals surface area contributed by atoms with Gasteiger partial charge in [-0.05, 0) is 67.2 Å². The van der Waals surface area contributed by atoms with Crippen LogP contribution >= 0.6 is 34.7 Å². The first kappa shape index (κ1) is 24.0. The molecule has 0 spiro atoms. The molecule has 6 rings (SSSR count). The van der Waals surface area contributed by atoms with Crippen LogP contribution in [0.1, 0.15) is 11.3 Å². The van der Waals surface area contributed by atoms with Gasteiger partial charge in [0, 0.05) is 23.8 Å². The Morgan fingerprint density at radius 1 is 0.892 bits per heavy atom. The Labute approximate surface area is 229 Å². The number of hydrazone groups is 1. The predicted octanol–water partition coefficient (Wildman–Crippen LogP) is 6.75. The Hall–Kier alpha value is -3.33. The third-order valence-electron chi connectivity index (χ3n) is 6.32. The van der Waals surface area contributed by atoms with Crippen LogP contribution in [-0.4, -0.2) is 52.2 Å². The van der Waals surface area contributed by atoms with Crippen LogP contribution in [0.15, 0.2) is 93.3 Å². The van der Waals surface area contributed by atoms with Crippen molar-refractivity contribution < 1.29 is 0 Å². The van der Waals surface area contributed by atoms with Crippen LogP contribution in [-0.2, 0) is 0 Å². The third kappa shape index (κ3) is 5.23. The molecule has 0 unspecified atom stereocenters. The molecule has 1 aliphatic heterocycles. The molecule has 0 saturated carbocycles. The monoisotopic (exact) mass is 544 g/mol. The van der Waals surface area contributed by atoms with Crippen molar-refractivity contribution in [3.8, 4) is 5.69 Å². The van der Waals surface area contributed by atoms with E-state index in [1.54, 1.807) is 23.1 Å². The molecular weight excluding hydrogens is 520 g/mol. The molecule has 1 fully saturated rings. The van der Waals surface area contributed by atoms with Gasteiger partial charge in [-0.15, -0.1) is 11.3 Å². The largest absolute Gasteiger partial charge is 0.368 e. The number of piperazine rings is 1. The van der Waals surface area contributed by atoms with Crippen molar-refractivity contribution in [1.29, 1.82) is 0 Å². The first-order chi connectivity index (χ1) is 18.1. The van der Waals surface area contributed by atoms with E-state index in [2.05, 4.69) is 52.4 Å². The highest BCUT2D eigenvalue weighted by molar-refractivity contribution is 8.01. The van der Waals surface area contributed by atoms with Gasteiger partial charge in [0.15, 0.2) is 4.34 Å². The van der Waals surface area contributed by atoms with Gasteiger partial charge < -0.3 is 4.90 Å². The summed E-state index contributed by atoms with van der Waals surface area (Å²) < 4.78 is 4.18. The lowest BCUT2D eigenvalue weighted by atomic mass is 10.2. The summed E-state index contributed by atoms with van der Waals surface area (Å²) >= 11 is 9.40. The first-order valence-electron chi connectivity index (χ1n) is 12.1. The summed E-state index contributed by atoms with van der Waals surface area (Å²) in [7, 11) is 0. The molecule has 0 aliphatic carbocycles. The summed E-state index contributed by atoms with van der Waals surface area (Å²) in [6.07, 6.45) is 1.97. The van der Waals surface area contributed by atoms with Crippen LogP contribution < -0.4 is 4.90 Å². The number of aryl methyl sites for hydroxylation is 1. The minimum Gasteiger partial charge on any atom is -0.368 e. The van der Waals surface area contributed by atoms with Gasteiger partial charge in [-0.1, -0.05) is 41.9 Å². The van der Waals surface area contributed by atoms with Gasteiger partial charge in [0.1, 0.15) is 5.03 Å². The van der Waals surface area contributed by atoms with Crippen LogP contribution in [0.25, 0.3) is 15.9 Å². The minimum atomic E-state index is 0.762. The maximum atomic E-state index is 6.05. The molecule has 2 aromatic heterocycles. The number of hydrogen-bond donors (Lipinski definition) is 0. The van der Waals surface area contributed by atoms with E-state index in [4.69, 9.17) is 26.8 Å². The maximum Gasteiger partial charge on any atom is 0.157 e. The zero-order valence-corrected chi connectivity index (χ0v) is 22.7. The van der Waals surface area contributed by atoms with E-state index >= 15 is 0 Å². The zero-order valence-electron chi connectivity index (χ0n) is 20.3. The number of anilines is 1. The summed E-state index contributed by atoms with van der Waals surface area (Å²) in [6.45, 7) is 5.57. The summed E-state index contributed by atoms with van der Waals surface area (Å²) in [5.41, 5.74) is 5.20. The standard InChI is InChI=1S/C28H25ClN6S2/c1-20-24(19-30-34-17-15-33(16-18-34)22-13-11-21(29)12-14-22)27(35(32-20)23-7-3-2-4-8-23)37-28-31-25-9-5-6-10-26(25)36-28/h2-14,19H,15-18H2,1H3/b30-19+. The average molecular weight is 545 g/mol. The molecular formula is C28H25ClN6S2. The highest BCUT2D eigenvalue weighted by Gasteiger charge is 2.20. The van der Waals surface area contributed by atoms with Gasteiger partial charge in [-0.25, -0.2) is 9.67 Å². The molecule has 0 N–H and O–H groups in total. The predicted molar refractivity (Wildman–Crippen MR) is 155 cm³/mol. The van der Waals surface area contributed by atoms with Crippen molar-refractivity contribution in [3.63, 3.8) is 0 Å². The van der Waals surface area contributed by atoms with Crippen molar-refractivity contribution in [1.82, 2.24) is 19.8 Å². The number of hydrogen-bond acceptors (Lipinski definition) is 7. The van der Waals surface area contributed by atoms with Crippen molar-refractivity contribution in [2.24, 2.45) is 5.10 Å². The smallest absolute Gasteiger partial charge is 0.157 e. The van der Waals surface area contributed by atoms with E-state index in [9.17, 15) is 0 Å². The SMILES string of the molecule is Cc1nn(-c2ccccc2)c(Sc2nc3ccccc3s2)c1/C=N/N1CCN(c2ccc(Cl)cc2)CC1. The fourth-order valence-electron chi connectivity index (χ4n) is 4.35. The summed E-state index contributed by atoms with van der Waals surface area (Å²) in [4.78, 5) is 7.23. The maximum absolute atomic E-state index is 6.05. The van der Waals surface area contributed by atoms with Gasteiger partial charge in [-0.2, -0.15) is 10.2 Å². The molecule has 5 aromatic rings.